The molecule has 1 amide bonds. The zero-order valence-corrected chi connectivity index (χ0v) is 20.9. The van der Waals surface area contributed by atoms with Gasteiger partial charge in [-0.05, 0) is 66.6 Å². The van der Waals surface area contributed by atoms with E-state index in [1.807, 2.05) is 85.8 Å². The van der Waals surface area contributed by atoms with E-state index >= 15 is 0 Å². The van der Waals surface area contributed by atoms with E-state index in [0.29, 0.717) is 40.2 Å². The minimum atomic E-state index is -0.226. The van der Waals surface area contributed by atoms with Crippen LogP contribution in [0.4, 0.5) is 11.4 Å². The average molecular weight is 504 g/mol. The van der Waals surface area contributed by atoms with E-state index in [1.165, 1.54) is 6.20 Å². The fourth-order valence-electron chi connectivity index (χ4n) is 4.12. The lowest BCUT2D eigenvalue weighted by atomic mass is 10.1. The molecule has 0 spiro atoms. The van der Waals surface area contributed by atoms with E-state index in [4.69, 9.17) is 9.47 Å². The normalized spacial score (nSPS) is 10.6. The highest BCUT2D eigenvalue weighted by molar-refractivity contribution is 6.00. The van der Waals surface area contributed by atoms with Crippen molar-refractivity contribution < 1.29 is 14.3 Å². The summed E-state index contributed by atoms with van der Waals surface area (Å²) in [5.41, 5.74) is 4.51. The Morgan fingerprint density at radius 2 is 1.66 bits per heavy atom. The molecule has 2 aromatic heterocycles. The van der Waals surface area contributed by atoms with Gasteiger partial charge in [0.15, 0.2) is 0 Å². The molecule has 0 aliphatic rings. The summed E-state index contributed by atoms with van der Waals surface area (Å²) < 4.78 is 12.7. The van der Waals surface area contributed by atoms with Crippen LogP contribution in [0.25, 0.3) is 5.52 Å². The molecule has 0 saturated carbocycles. The van der Waals surface area contributed by atoms with Crippen LogP contribution in [0.3, 0.4) is 0 Å². The van der Waals surface area contributed by atoms with E-state index in [1.54, 1.807) is 17.8 Å². The molecule has 3 aromatic carbocycles. The number of nitriles is 1. The van der Waals surface area contributed by atoms with E-state index < -0.39 is 0 Å². The van der Waals surface area contributed by atoms with Gasteiger partial charge in [0.05, 0.1) is 35.6 Å². The van der Waals surface area contributed by atoms with E-state index in [9.17, 15) is 10.1 Å². The molecule has 8 nitrogen and oxygen atoms in total. The van der Waals surface area contributed by atoms with Crippen molar-refractivity contribution in [1.29, 1.82) is 5.26 Å². The van der Waals surface area contributed by atoms with Crippen molar-refractivity contribution in [2.45, 2.75) is 13.5 Å². The maximum Gasteiger partial charge on any atom is 0.253 e. The Hall–Kier alpha value is -5.29. The maximum atomic E-state index is 13.1. The maximum absolute atomic E-state index is 13.1. The van der Waals surface area contributed by atoms with Crippen LogP contribution in [0, 0.1) is 18.3 Å². The van der Waals surface area contributed by atoms with Gasteiger partial charge in [-0.1, -0.05) is 30.3 Å². The van der Waals surface area contributed by atoms with Gasteiger partial charge >= 0.3 is 0 Å². The van der Waals surface area contributed by atoms with Gasteiger partial charge < -0.3 is 20.1 Å². The third-order valence-electron chi connectivity index (χ3n) is 6.14. The van der Waals surface area contributed by atoms with E-state index in [0.717, 1.165) is 22.7 Å². The molecule has 0 aliphatic carbocycles. The number of anilines is 2. The van der Waals surface area contributed by atoms with Gasteiger partial charge in [0.1, 0.15) is 23.3 Å². The summed E-state index contributed by atoms with van der Waals surface area (Å²) in [6.45, 7) is 2.22. The van der Waals surface area contributed by atoms with E-state index in [2.05, 4.69) is 21.8 Å². The molecule has 2 heterocycles. The first-order valence-electron chi connectivity index (χ1n) is 12.0. The van der Waals surface area contributed by atoms with Crippen molar-refractivity contribution in [2.75, 3.05) is 12.4 Å². The molecular weight excluding hydrogens is 478 g/mol. The number of aromatic nitrogens is 2. The molecule has 5 aromatic rings. The Kier molecular flexibility index (Phi) is 6.91. The summed E-state index contributed by atoms with van der Waals surface area (Å²) in [5, 5.41) is 20.4. The van der Waals surface area contributed by atoms with E-state index in [-0.39, 0.29) is 5.91 Å². The number of ether oxygens (including phenoxy) is 2. The van der Waals surface area contributed by atoms with Crippen LogP contribution in [0.5, 0.6) is 17.2 Å². The van der Waals surface area contributed by atoms with Crippen molar-refractivity contribution in [1.82, 2.24) is 14.9 Å². The highest BCUT2D eigenvalue weighted by Gasteiger charge is 2.19. The number of carbonyl (C=O) groups excluding carboxylic acids is 1. The predicted octanol–water partition coefficient (Wildman–Crippen LogP) is 5.99. The van der Waals surface area contributed by atoms with Crippen LogP contribution in [-0.2, 0) is 6.54 Å². The molecule has 0 aliphatic heterocycles. The Balaban J connectivity index is 1.38. The number of hydrogen-bond donors (Lipinski definition) is 2. The second-order valence-corrected chi connectivity index (χ2v) is 8.60. The average Bonchev–Trinajstić information content (AvgIpc) is 3.30. The quantitative estimate of drug-likeness (QED) is 0.270. The Morgan fingerprint density at radius 3 is 2.34 bits per heavy atom. The highest BCUT2D eigenvalue weighted by Crippen LogP contribution is 2.31. The number of nitrogens with zero attached hydrogens (tertiary/aromatic N) is 3. The third-order valence-corrected chi connectivity index (χ3v) is 6.14. The first-order chi connectivity index (χ1) is 18.6. The van der Waals surface area contributed by atoms with Gasteiger partial charge in [0.25, 0.3) is 5.91 Å². The smallest absolute Gasteiger partial charge is 0.253 e. The Bertz CT molecular complexity index is 1620. The van der Waals surface area contributed by atoms with Crippen molar-refractivity contribution in [3.05, 3.63) is 114 Å². The largest absolute Gasteiger partial charge is 0.497 e. The first kappa shape index (κ1) is 24.4. The second kappa shape index (κ2) is 10.8. The van der Waals surface area contributed by atoms with Crippen LogP contribution in [0.15, 0.2) is 91.3 Å². The van der Waals surface area contributed by atoms with Gasteiger partial charge in [0.2, 0.25) is 0 Å². The van der Waals surface area contributed by atoms with Crippen molar-refractivity contribution in [3.63, 3.8) is 0 Å². The monoisotopic (exact) mass is 503 g/mol. The minimum Gasteiger partial charge on any atom is -0.497 e. The van der Waals surface area contributed by atoms with Crippen LogP contribution in [0.2, 0.25) is 0 Å². The zero-order chi connectivity index (χ0) is 26.5. The molecule has 38 heavy (non-hydrogen) atoms. The van der Waals surface area contributed by atoms with Gasteiger partial charge in [-0.15, -0.1) is 0 Å². The highest BCUT2D eigenvalue weighted by atomic mass is 16.5. The SMILES string of the molecule is COc1ccc(CNC(=O)c2cn3ncc(C#N)c(Nc4ccc(Oc5ccccc5)cc4)c3c2C)cc1. The molecular formula is C30H25N5O3. The molecule has 8 heteroatoms. The molecule has 0 bridgehead atoms. The first-order valence-corrected chi connectivity index (χ1v) is 12.0. The number of methoxy groups -OCH3 is 1. The zero-order valence-electron chi connectivity index (χ0n) is 20.9. The van der Waals surface area contributed by atoms with Gasteiger partial charge in [-0.3, -0.25) is 4.79 Å². The van der Waals surface area contributed by atoms with Crippen molar-refractivity contribution in [2.24, 2.45) is 0 Å². The van der Waals surface area contributed by atoms with Gasteiger partial charge in [0, 0.05) is 18.4 Å². The number of fused-ring (bicyclic) bond motifs is 1. The molecule has 5 rings (SSSR count). The summed E-state index contributed by atoms with van der Waals surface area (Å²) in [6, 6.07) is 26.7. The number of rotatable bonds is 8. The molecule has 0 atom stereocenters. The van der Waals surface area contributed by atoms with Crippen molar-refractivity contribution in [3.8, 4) is 23.3 Å². The molecule has 0 fully saturated rings. The van der Waals surface area contributed by atoms with Crippen LogP contribution < -0.4 is 20.1 Å². The number of hydrogen-bond acceptors (Lipinski definition) is 6. The fourth-order valence-corrected chi connectivity index (χ4v) is 4.12. The number of nitrogens with one attached hydrogen (secondary N) is 2. The molecule has 2 N–H and O–H groups in total. The summed E-state index contributed by atoms with van der Waals surface area (Å²) in [4.78, 5) is 13.1. The van der Waals surface area contributed by atoms with Crippen LogP contribution >= 0.6 is 0 Å². The molecule has 0 saturated heterocycles. The molecule has 0 unspecified atom stereocenters. The van der Waals surface area contributed by atoms with Crippen LogP contribution in [-0.4, -0.2) is 22.6 Å². The summed E-state index contributed by atoms with van der Waals surface area (Å²) in [6.07, 6.45) is 3.16. The summed E-state index contributed by atoms with van der Waals surface area (Å²) >= 11 is 0. The predicted molar refractivity (Wildman–Crippen MR) is 145 cm³/mol. The number of para-hydroxylation sites is 1. The fraction of sp³-hybridized carbons (Fsp3) is 0.100. The lowest BCUT2D eigenvalue weighted by Gasteiger charge is -2.12. The topological polar surface area (TPSA) is 101 Å². The van der Waals surface area contributed by atoms with Gasteiger partial charge in [-0.2, -0.15) is 10.4 Å². The summed E-state index contributed by atoms with van der Waals surface area (Å²) in [7, 11) is 1.61. The second-order valence-electron chi connectivity index (χ2n) is 8.60. The van der Waals surface area contributed by atoms with Crippen molar-refractivity contribution >= 4 is 22.8 Å². The number of aryl methyl sites for hydroxylation is 1. The standard InChI is InChI=1S/C30H25N5O3/c1-20-27(30(36)32-17-21-8-12-24(37-2)13-9-21)19-35-29(20)28(22(16-31)18-33-35)34-23-10-14-26(15-11-23)38-25-6-4-3-5-7-25/h3-15,18-19,34H,17H2,1-2H3,(H,32,36). The molecule has 188 valence electrons. The number of amides is 1. The number of benzene rings is 3. The summed E-state index contributed by atoms with van der Waals surface area (Å²) in [5.74, 6) is 1.97. The number of carbonyl (C=O) groups is 1. The molecule has 0 radical (unpaired) electrons. The lowest BCUT2D eigenvalue weighted by molar-refractivity contribution is 0.0950. The lowest BCUT2D eigenvalue weighted by Crippen LogP contribution is -2.23. The minimum absolute atomic E-state index is 0.226. The van der Waals surface area contributed by atoms with Gasteiger partial charge in [-0.25, -0.2) is 4.52 Å². The Labute approximate surface area is 220 Å². The van der Waals surface area contributed by atoms with Crippen LogP contribution in [0.1, 0.15) is 27.0 Å². The Morgan fingerprint density at radius 1 is 0.974 bits per heavy atom. The third kappa shape index (κ3) is 5.13.